The van der Waals surface area contributed by atoms with E-state index in [4.69, 9.17) is 4.74 Å². The zero-order valence-electron chi connectivity index (χ0n) is 16.5. The van der Waals surface area contributed by atoms with E-state index < -0.39 is 5.72 Å². The monoisotopic (exact) mass is 402 g/mol. The molecule has 0 radical (unpaired) electrons. The van der Waals surface area contributed by atoms with Gasteiger partial charge in [0, 0.05) is 24.5 Å². The van der Waals surface area contributed by atoms with E-state index in [0.29, 0.717) is 26.0 Å². The minimum Gasteiger partial charge on any atom is -0.351 e. The average molecular weight is 402 g/mol. The maximum Gasteiger partial charge on any atom is 0.244 e. The van der Waals surface area contributed by atoms with Gasteiger partial charge in [0.15, 0.2) is 5.72 Å². The Kier molecular flexibility index (Phi) is 3.77. The van der Waals surface area contributed by atoms with E-state index >= 15 is 0 Å². The van der Waals surface area contributed by atoms with Crippen LogP contribution in [0.15, 0.2) is 60.8 Å². The molecule has 2 amide bonds. The molecule has 0 aliphatic carbocycles. The number of likely N-dealkylation sites (tertiary alicyclic amines) is 1. The molecule has 1 aromatic heterocycles. The Bertz CT molecular complexity index is 1110. The van der Waals surface area contributed by atoms with Crippen LogP contribution in [-0.4, -0.2) is 56.3 Å². The molecule has 30 heavy (non-hydrogen) atoms. The molecule has 3 aromatic rings. The summed E-state index contributed by atoms with van der Waals surface area (Å²) in [5, 5.41) is 5.51. The smallest absolute Gasteiger partial charge is 0.244 e. The second-order valence-corrected chi connectivity index (χ2v) is 8.29. The highest BCUT2D eigenvalue weighted by Gasteiger charge is 2.65. The number of ether oxygens (including phenoxy) is 1. The van der Waals surface area contributed by atoms with Crippen molar-refractivity contribution in [3.05, 3.63) is 66.4 Å². The SMILES string of the molecule is O=C(Cn1cc2ccccc2n1)N1CC[C@@]23OC[C@@H](c4ccccc4)N2C(=O)C[C@@H]13. The summed E-state index contributed by atoms with van der Waals surface area (Å²) in [6.07, 6.45) is 2.86. The minimum atomic E-state index is -0.692. The van der Waals surface area contributed by atoms with Crippen LogP contribution in [0.2, 0.25) is 0 Å². The maximum atomic E-state index is 13.2. The van der Waals surface area contributed by atoms with Crippen LogP contribution in [-0.2, 0) is 20.9 Å². The molecule has 152 valence electrons. The van der Waals surface area contributed by atoms with E-state index in [0.717, 1.165) is 16.5 Å². The standard InChI is InChI=1S/C23H22N4O3/c28-21-12-20-23(27(21)19(15-30-23)16-6-2-1-3-7-16)10-11-26(20)22(29)14-25-13-17-8-4-5-9-18(17)24-25/h1-9,13,19-20H,10-12,14-15H2/t19-,20+,23-/m0/s1. The van der Waals surface area contributed by atoms with Crippen molar-refractivity contribution in [2.24, 2.45) is 0 Å². The molecule has 6 rings (SSSR count). The Balaban J connectivity index is 1.25. The largest absolute Gasteiger partial charge is 0.351 e. The van der Waals surface area contributed by atoms with Gasteiger partial charge in [0.05, 0.1) is 30.6 Å². The lowest BCUT2D eigenvalue weighted by Gasteiger charge is -2.33. The molecule has 7 heteroatoms. The highest BCUT2D eigenvalue weighted by Crippen LogP contribution is 2.51. The van der Waals surface area contributed by atoms with E-state index in [9.17, 15) is 9.59 Å². The molecule has 3 aliphatic rings. The van der Waals surface area contributed by atoms with Crippen molar-refractivity contribution >= 4 is 22.7 Å². The van der Waals surface area contributed by atoms with Crippen molar-refractivity contribution in [3.8, 4) is 0 Å². The van der Waals surface area contributed by atoms with Crippen LogP contribution in [0, 0.1) is 0 Å². The van der Waals surface area contributed by atoms with Crippen molar-refractivity contribution in [2.45, 2.75) is 37.2 Å². The van der Waals surface area contributed by atoms with E-state index in [1.165, 1.54) is 0 Å². The fourth-order valence-corrected chi connectivity index (χ4v) is 5.39. The predicted octanol–water partition coefficient (Wildman–Crippen LogP) is 2.34. The average Bonchev–Trinajstić information content (AvgIpc) is 3.48. The highest BCUT2D eigenvalue weighted by atomic mass is 16.5. The Morgan fingerprint density at radius 3 is 2.77 bits per heavy atom. The predicted molar refractivity (Wildman–Crippen MR) is 109 cm³/mol. The van der Waals surface area contributed by atoms with Gasteiger partial charge in [-0.3, -0.25) is 14.3 Å². The Labute approximate surface area is 173 Å². The zero-order chi connectivity index (χ0) is 20.3. The van der Waals surface area contributed by atoms with Gasteiger partial charge in [-0.05, 0) is 11.6 Å². The first kappa shape index (κ1) is 17.7. The van der Waals surface area contributed by atoms with Gasteiger partial charge in [0.25, 0.3) is 0 Å². The summed E-state index contributed by atoms with van der Waals surface area (Å²) in [5.41, 5.74) is 1.26. The number of nitrogens with zero attached hydrogens (tertiary/aromatic N) is 4. The Morgan fingerprint density at radius 2 is 1.93 bits per heavy atom. The lowest BCUT2D eigenvalue weighted by Crippen LogP contribution is -2.49. The van der Waals surface area contributed by atoms with Crippen molar-refractivity contribution < 1.29 is 14.3 Å². The molecule has 3 fully saturated rings. The van der Waals surface area contributed by atoms with Gasteiger partial charge < -0.3 is 14.5 Å². The van der Waals surface area contributed by atoms with Crippen molar-refractivity contribution in [2.75, 3.05) is 13.2 Å². The van der Waals surface area contributed by atoms with Crippen LogP contribution >= 0.6 is 0 Å². The third-order valence-corrected chi connectivity index (χ3v) is 6.72. The van der Waals surface area contributed by atoms with Crippen LogP contribution < -0.4 is 0 Å². The van der Waals surface area contributed by atoms with Crippen LogP contribution in [0.3, 0.4) is 0 Å². The van der Waals surface area contributed by atoms with Crippen molar-refractivity contribution in [1.29, 1.82) is 0 Å². The number of rotatable bonds is 3. The molecule has 0 unspecified atom stereocenters. The lowest BCUT2D eigenvalue weighted by atomic mass is 10.0. The van der Waals surface area contributed by atoms with E-state index in [2.05, 4.69) is 5.10 Å². The number of fused-ring (bicyclic) bond motifs is 1. The number of carbonyl (C=O) groups excluding carboxylic acids is 2. The molecule has 7 nitrogen and oxygen atoms in total. The van der Waals surface area contributed by atoms with Crippen molar-refractivity contribution in [1.82, 2.24) is 19.6 Å². The van der Waals surface area contributed by atoms with Gasteiger partial charge in [0.2, 0.25) is 11.8 Å². The molecular weight excluding hydrogens is 380 g/mol. The molecule has 0 bridgehead atoms. The fourth-order valence-electron chi connectivity index (χ4n) is 5.39. The van der Waals surface area contributed by atoms with Gasteiger partial charge in [-0.25, -0.2) is 0 Å². The Morgan fingerprint density at radius 1 is 1.13 bits per heavy atom. The molecule has 3 atom stereocenters. The van der Waals surface area contributed by atoms with E-state index in [-0.39, 0.29) is 30.4 Å². The number of aromatic nitrogens is 2. The van der Waals surface area contributed by atoms with Gasteiger partial charge in [0.1, 0.15) is 6.54 Å². The first-order chi connectivity index (χ1) is 14.7. The van der Waals surface area contributed by atoms with E-state index in [1.807, 2.05) is 70.6 Å². The quantitative estimate of drug-likeness (QED) is 0.675. The Hall–Kier alpha value is -3.19. The number of amides is 2. The topological polar surface area (TPSA) is 67.7 Å². The minimum absolute atomic E-state index is 0.0221. The summed E-state index contributed by atoms with van der Waals surface area (Å²) in [4.78, 5) is 29.9. The lowest BCUT2D eigenvalue weighted by molar-refractivity contribution is -0.141. The van der Waals surface area contributed by atoms with Crippen LogP contribution in [0.25, 0.3) is 10.9 Å². The molecule has 4 heterocycles. The summed E-state index contributed by atoms with van der Waals surface area (Å²) in [6.45, 7) is 1.23. The van der Waals surface area contributed by atoms with Gasteiger partial charge in [-0.1, -0.05) is 48.5 Å². The van der Waals surface area contributed by atoms with Gasteiger partial charge >= 0.3 is 0 Å². The molecule has 2 aromatic carbocycles. The normalized spacial score (nSPS) is 27.7. The molecule has 3 saturated heterocycles. The fraction of sp³-hybridized carbons (Fsp3) is 0.348. The van der Waals surface area contributed by atoms with Crippen LogP contribution in [0.5, 0.6) is 0 Å². The second-order valence-electron chi connectivity index (χ2n) is 8.29. The molecule has 3 aliphatic heterocycles. The third kappa shape index (κ3) is 2.45. The summed E-state index contributed by atoms with van der Waals surface area (Å²) >= 11 is 0. The molecule has 1 spiro atoms. The molecule has 0 N–H and O–H groups in total. The maximum absolute atomic E-state index is 13.2. The third-order valence-electron chi connectivity index (χ3n) is 6.72. The van der Waals surface area contributed by atoms with Crippen molar-refractivity contribution in [3.63, 3.8) is 0 Å². The zero-order valence-corrected chi connectivity index (χ0v) is 16.5. The summed E-state index contributed by atoms with van der Waals surface area (Å²) in [6, 6.07) is 17.5. The number of benzene rings is 2. The first-order valence-corrected chi connectivity index (χ1v) is 10.4. The highest BCUT2D eigenvalue weighted by molar-refractivity contribution is 5.85. The molecular formula is C23H22N4O3. The van der Waals surface area contributed by atoms with Gasteiger partial charge in [-0.2, -0.15) is 5.10 Å². The molecule has 0 saturated carbocycles. The summed E-state index contributed by atoms with van der Waals surface area (Å²) < 4.78 is 7.98. The summed E-state index contributed by atoms with van der Waals surface area (Å²) in [5.74, 6) is 0.0415. The number of hydrogen-bond acceptors (Lipinski definition) is 4. The second kappa shape index (κ2) is 6.40. The van der Waals surface area contributed by atoms with Crippen LogP contribution in [0.1, 0.15) is 24.4 Å². The van der Waals surface area contributed by atoms with E-state index in [1.54, 1.807) is 4.68 Å². The number of hydrogen-bond donors (Lipinski definition) is 0. The first-order valence-electron chi connectivity index (χ1n) is 10.4. The van der Waals surface area contributed by atoms with Crippen LogP contribution in [0.4, 0.5) is 0 Å². The van der Waals surface area contributed by atoms with Gasteiger partial charge in [-0.15, -0.1) is 0 Å². The summed E-state index contributed by atoms with van der Waals surface area (Å²) in [7, 11) is 0. The number of carbonyl (C=O) groups is 2.